The van der Waals surface area contributed by atoms with E-state index in [0.717, 1.165) is 30.7 Å². The van der Waals surface area contributed by atoms with Crippen molar-refractivity contribution in [3.8, 4) is 5.75 Å². The second-order valence-corrected chi connectivity index (χ2v) is 6.15. The number of nitrogens with zero attached hydrogens (tertiary/aromatic N) is 2. The normalized spacial score (nSPS) is 17.1. The van der Waals surface area contributed by atoms with Gasteiger partial charge in [-0.15, -0.1) is 5.10 Å². The largest absolute Gasteiger partial charge is 0.493 e. The van der Waals surface area contributed by atoms with Crippen LogP contribution in [0.3, 0.4) is 0 Å². The fourth-order valence-electron chi connectivity index (χ4n) is 1.85. The first-order valence-electron chi connectivity index (χ1n) is 7.85. The van der Waals surface area contributed by atoms with E-state index in [0.29, 0.717) is 17.9 Å². The number of hydrogen-bond donors (Lipinski definition) is 1. The molecular formula is C17H18FN3O4S. The maximum atomic E-state index is 13.4. The number of thioether (sulfide) groups is 1. The number of amidine groups is 1. The fourth-order valence-corrected chi connectivity index (χ4v) is 2.59. The molecule has 1 aliphatic heterocycles. The number of ether oxygens (including phenoxy) is 2. The minimum atomic E-state index is -0.632. The first-order chi connectivity index (χ1) is 12.5. The molecular weight excluding hydrogens is 361 g/mol. The van der Waals surface area contributed by atoms with Gasteiger partial charge in [-0.3, -0.25) is 10.1 Å². The van der Waals surface area contributed by atoms with E-state index in [2.05, 4.69) is 20.3 Å². The molecule has 1 aromatic carbocycles. The average molecular weight is 379 g/mol. The number of amides is 1. The molecule has 1 aromatic rings. The molecule has 2 rings (SSSR count). The lowest BCUT2D eigenvalue weighted by Crippen LogP contribution is -2.19. The Morgan fingerprint density at radius 3 is 2.96 bits per heavy atom. The summed E-state index contributed by atoms with van der Waals surface area (Å²) in [5.41, 5.74) is 0.562. The van der Waals surface area contributed by atoms with Crippen LogP contribution < -0.4 is 10.1 Å². The highest BCUT2D eigenvalue weighted by Crippen LogP contribution is 2.23. The molecule has 1 fully saturated rings. The van der Waals surface area contributed by atoms with Crippen LogP contribution in [-0.2, 0) is 14.3 Å². The van der Waals surface area contributed by atoms with Crippen LogP contribution in [0.5, 0.6) is 5.75 Å². The highest BCUT2D eigenvalue weighted by molar-refractivity contribution is 8.18. The average Bonchev–Trinajstić information content (AvgIpc) is 2.96. The fraction of sp³-hybridized carbons (Fsp3) is 0.294. The number of nitrogens with one attached hydrogen (secondary N) is 1. The van der Waals surface area contributed by atoms with Gasteiger partial charge >= 0.3 is 5.97 Å². The summed E-state index contributed by atoms with van der Waals surface area (Å²) in [4.78, 5) is 23.1. The van der Waals surface area contributed by atoms with E-state index in [1.807, 2.05) is 6.92 Å². The summed E-state index contributed by atoms with van der Waals surface area (Å²) in [7, 11) is 1.22. The van der Waals surface area contributed by atoms with Crippen LogP contribution in [0.15, 0.2) is 39.4 Å². The van der Waals surface area contributed by atoms with E-state index in [-0.39, 0.29) is 10.1 Å². The first-order valence-corrected chi connectivity index (χ1v) is 8.67. The van der Waals surface area contributed by atoms with Crippen molar-refractivity contribution in [3.05, 3.63) is 40.6 Å². The smallest absolute Gasteiger partial charge is 0.331 e. The van der Waals surface area contributed by atoms with Gasteiger partial charge in [-0.05, 0) is 30.3 Å². The second-order valence-electron chi connectivity index (χ2n) is 5.12. The molecule has 0 bridgehead atoms. The number of rotatable bonds is 7. The van der Waals surface area contributed by atoms with Crippen molar-refractivity contribution in [1.82, 2.24) is 5.32 Å². The number of benzene rings is 1. The van der Waals surface area contributed by atoms with E-state index >= 15 is 0 Å². The van der Waals surface area contributed by atoms with Crippen molar-refractivity contribution in [3.63, 3.8) is 0 Å². The quantitative estimate of drug-likeness (QED) is 0.259. The summed E-state index contributed by atoms with van der Waals surface area (Å²) in [5, 5.41) is 10.5. The molecule has 0 aromatic heterocycles. The minimum absolute atomic E-state index is 0.163. The highest BCUT2D eigenvalue weighted by atomic mass is 32.2. The molecule has 0 spiro atoms. The summed E-state index contributed by atoms with van der Waals surface area (Å²) in [6.07, 6.45) is 4.30. The standard InChI is InChI=1S/C17H18FN3O4S/c1-3-4-7-25-13-8-12(18)6-5-11(13)10-19-21-17-20-16(23)14(26-17)9-15(22)24-2/h5-6,8-10H,3-4,7H2,1-2H3,(H,20,21,23)/b14-9+,19-10?. The topological polar surface area (TPSA) is 89.4 Å². The van der Waals surface area contributed by atoms with E-state index in [4.69, 9.17) is 4.74 Å². The number of carbonyl (C=O) groups excluding carboxylic acids is 2. The Labute approximate surface area is 154 Å². The zero-order valence-corrected chi connectivity index (χ0v) is 15.1. The van der Waals surface area contributed by atoms with Gasteiger partial charge < -0.3 is 9.47 Å². The van der Waals surface area contributed by atoms with Crippen LogP contribution in [0.2, 0.25) is 0 Å². The SMILES string of the molecule is CCCCOc1cc(F)ccc1C=N/N=C1/NC(=O)/C(=C\C(=O)OC)S1. The predicted octanol–water partition coefficient (Wildman–Crippen LogP) is 2.61. The summed E-state index contributed by atoms with van der Waals surface area (Å²) in [6.45, 7) is 2.51. The van der Waals surface area contributed by atoms with Gasteiger partial charge in [0.25, 0.3) is 5.91 Å². The number of carbonyl (C=O) groups is 2. The zero-order valence-electron chi connectivity index (χ0n) is 14.3. The molecule has 7 nitrogen and oxygen atoms in total. The molecule has 1 aliphatic rings. The van der Waals surface area contributed by atoms with Gasteiger partial charge in [0.2, 0.25) is 0 Å². The Bertz CT molecular complexity index is 777. The van der Waals surface area contributed by atoms with Gasteiger partial charge in [0.1, 0.15) is 11.6 Å². The van der Waals surface area contributed by atoms with Crippen molar-refractivity contribution in [2.75, 3.05) is 13.7 Å². The van der Waals surface area contributed by atoms with Gasteiger partial charge in [-0.25, -0.2) is 9.18 Å². The molecule has 9 heteroatoms. The Kier molecular flexibility index (Phi) is 7.34. The number of unbranched alkanes of at least 4 members (excludes halogenated alkanes) is 1. The van der Waals surface area contributed by atoms with Crippen LogP contribution in [0.1, 0.15) is 25.3 Å². The van der Waals surface area contributed by atoms with Gasteiger partial charge in [0.15, 0.2) is 5.17 Å². The van der Waals surface area contributed by atoms with Crippen LogP contribution >= 0.6 is 11.8 Å². The highest BCUT2D eigenvalue weighted by Gasteiger charge is 2.25. The maximum absolute atomic E-state index is 13.4. The van der Waals surface area contributed by atoms with Gasteiger partial charge in [0, 0.05) is 17.7 Å². The van der Waals surface area contributed by atoms with E-state index < -0.39 is 17.7 Å². The van der Waals surface area contributed by atoms with Crippen molar-refractivity contribution >= 4 is 35.0 Å². The van der Waals surface area contributed by atoms with Crippen LogP contribution in [0, 0.1) is 5.82 Å². The third-order valence-electron chi connectivity index (χ3n) is 3.18. The van der Waals surface area contributed by atoms with Crippen LogP contribution in [0.25, 0.3) is 0 Å². The molecule has 138 valence electrons. The third-order valence-corrected chi connectivity index (χ3v) is 4.08. The van der Waals surface area contributed by atoms with E-state index in [1.54, 1.807) is 0 Å². The van der Waals surface area contributed by atoms with Crippen molar-refractivity contribution in [1.29, 1.82) is 0 Å². The second kappa shape index (κ2) is 9.71. The van der Waals surface area contributed by atoms with Crippen molar-refractivity contribution < 1.29 is 23.5 Å². The molecule has 0 radical (unpaired) electrons. The molecule has 1 heterocycles. The lowest BCUT2D eigenvalue weighted by molar-refractivity contribution is -0.135. The molecule has 0 saturated carbocycles. The number of methoxy groups -OCH3 is 1. The predicted molar refractivity (Wildman–Crippen MR) is 97.7 cm³/mol. The van der Waals surface area contributed by atoms with Crippen LogP contribution in [0.4, 0.5) is 4.39 Å². The van der Waals surface area contributed by atoms with Gasteiger partial charge in [0.05, 0.1) is 24.8 Å². The summed E-state index contributed by atoms with van der Waals surface area (Å²) < 4.78 is 23.4. The molecule has 0 atom stereocenters. The molecule has 1 saturated heterocycles. The van der Waals surface area contributed by atoms with Crippen LogP contribution in [-0.4, -0.2) is 37.0 Å². The number of esters is 1. The molecule has 1 amide bonds. The molecule has 1 N–H and O–H groups in total. The first kappa shape index (κ1) is 19.6. The van der Waals surface area contributed by atoms with Gasteiger partial charge in [-0.1, -0.05) is 13.3 Å². The van der Waals surface area contributed by atoms with Crippen molar-refractivity contribution in [2.45, 2.75) is 19.8 Å². The molecule has 0 aliphatic carbocycles. The minimum Gasteiger partial charge on any atom is -0.493 e. The lowest BCUT2D eigenvalue weighted by atomic mass is 10.2. The maximum Gasteiger partial charge on any atom is 0.331 e. The van der Waals surface area contributed by atoms with Crippen molar-refractivity contribution in [2.24, 2.45) is 10.2 Å². The number of hydrogen-bond acceptors (Lipinski definition) is 7. The summed E-state index contributed by atoms with van der Waals surface area (Å²) in [6, 6.07) is 4.11. The Morgan fingerprint density at radius 1 is 1.42 bits per heavy atom. The monoisotopic (exact) mass is 379 g/mol. The Hall–Kier alpha value is -2.68. The summed E-state index contributed by atoms with van der Waals surface area (Å²) >= 11 is 0.966. The lowest BCUT2D eigenvalue weighted by Gasteiger charge is -2.08. The molecule has 0 unspecified atom stereocenters. The van der Waals surface area contributed by atoms with Gasteiger partial charge in [-0.2, -0.15) is 5.10 Å². The van der Waals surface area contributed by atoms with E-state index in [1.165, 1.54) is 31.5 Å². The zero-order chi connectivity index (χ0) is 18.9. The Balaban J connectivity index is 2.08. The van der Waals surface area contributed by atoms with E-state index in [9.17, 15) is 14.0 Å². The molecule has 26 heavy (non-hydrogen) atoms. The summed E-state index contributed by atoms with van der Waals surface area (Å²) in [5.74, 6) is -1.12. The Morgan fingerprint density at radius 2 is 2.23 bits per heavy atom. The number of halogens is 1. The third kappa shape index (κ3) is 5.69.